The van der Waals surface area contributed by atoms with Crippen LogP contribution in [0.5, 0.6) is 0 Å². The van der Waals surface area contributed by atoms with E-state index in [1.165, 1.54) is 12.8 Å². The Morgan fingerprint density at radius 3 is 1.39 bits per heavy atom. The van der Waals surface area contributed by atoms with Crippen LogP contribution in [0.15, 0.2) is 36.4 Å². The largest absolute Gasteiger partial charge is 0.307 e. The average molecular weight is 510 g/mol. The summed E-state index contributed by atoms with van der Waals surface area (Å²) in [5.74, 6) is 0.866. The molecule has 4 rings (SSSR count). The number of carbonyl (C=O) groups excluding carboxylic acids is 2. The van der Waals surface area contributed by atoms with Crippen LogP contribution in [0, 0.1) is 11.8 Å². The Morgan fingerprint density at radius 2 is 1.05 bits per heavy atom. The molecule has 0 aromatic heterocycles. The Bertz CT molecular complexity index is 1130. The molecule has 0 saturated heterocycles. The van der Waals surface area contributed by atoms with Gasteiger partial charge in [0.15, 0.2) is 0 Å². The van der Waals surface area contributed by atoms with E-state index in [1.54, 1.807) is 0 Å². The van der Waals surface area contributed by atoms with Gasteiger partial charge in [-0.25, -0.2) is 0 Å². The molecule has 0 spiro atoms. The van der Waals surface area contributed by atoms with Crippen LogP contribution in [0.1, 0.15) is 90.2 Å². The van der Waals surface area contributed by atoms with Crippen molar-refractivity contribution in [3.63, 3.8) is 0 Å². The molecule has 0 bridgehead atoms. The zero-order valence-electron chi connectivity index (χ0n) is 24.4. The lowest BCUT2D eigenvalue weighted by Crippen LogP contribution is -2.34. The minimum absolute atomic E-state index is 0.0174. The molecule has 2 heterocycles. The second-order valence-corrected chi connectivity index (χ2v) is 11.5. The summed E-state index contributed by atoms with van der Waals surface area (Å²) in [4.78, 5) is 32.4. The second-order valence-electron chi connectivity index (χ2n) is 11.5. The van der Waals surface area contributed by atoms with Crippen LogP contribution in [-0.2, 0) is 9.59 Å². The molecule has 2 aliphatic heterocycles. The lowest BCUT2D eigenvalue weighted by Gasteiger charge is -2.24. The van der Waals surface area contributed by atoms with E-state index < -0.39 is 0 Å². The molecular weight excluding hydrogens is 466 g/mol. The monoisotopic (exact) mass is 510 g/mol. The van der Waals surface area contributed by atoms with Crippen molar-refractivity contribution in [2.24, 2.45) is 11.8 Å². The Kier molecular flexibility index (Phi) is 9.23. The fourth-order valence-corrected chi connectivity index (χ4v) is 6.09. The fourth-order valence-electron chi connectivity index (χ4n) is 6.09. The summed E-state index contributed by atoms with van der Waals surface area (Å²) >= 11 is 0. The standard InChI is InChI=1S/C32H44B2N2O2/c1-5-9-11-21(7-3)19-35-27-15-13-23(33)17-25(27)29(31(35)37)30-26-18-24(34)14-16-28(26)36(32(30)38)20-22(8-4)12-10-6-2/h13-18,21-22H,5-12,19-20,33-34H2,1-4H3/b30-29+. The Hall–Kier alpha value is -2.75. The zero-order chi connectivity index (χ0) is 27.4. The molecule has 0 fully saturated rings. The van der Waals surface area contributed by atoms with E-state index in [4.69, 9.17) is 0 Å². The van der Waals surface area contributed by atoms with Gasteiger partial charge in [-0.3, -0.25) is 9.59 Å². The van der Waals surface area contributed by atoms with Gasteiger partial charge in [0.2, 0.25) is 0 Å². The predicted molar refractivity (Wildman–Crippen MR) is 167 cm³/mol. The Morgan fingerprint density at radius 1 is 0.658 bits per heavy atom. The highest BCUT2D eigenvalue weighted by molar-refractivity contribution is 6.50. The van der Waals surface area contributed by atoms with E-state index in [0.717, 1.165) is 72.0 Å². The van der Waals surface area contributed by atoms with Crippen molar-refractivity contribution in [1.29, 1.82) is 0 Å². The second kappa shape index (κ2) is 12.4. The quantitative estimate of drug-likeness (QED) is 0.317. The number of fused-ring (bicyclic) bond motifs is 2. The average Bonchev–Trinajstić information content (AvgIpc) is 3.32. The number of unbranched alkanes of at least 4 members (excludes halogenated alkanes) is 2. The lowest BCUT2D eigenvalue weighted by atomic mass is 9.88. The maximum absolute atomic E-state index is 14.2. The SMILES string of the molecule is Bc1ccc2c(c1)/C(=C1\C(=O)N(CC(CC)CCCC)c3ccc(B)cc31)C(=O)N2CC(CC)CCCC. The number of hydrogen-bond donors (Lipinski definition) is 0. The van der Waals surface area contributed by atoms with Crippen LogP contribution >= 0.6 is 0 Å². The zero-order valence-corrected chi connectivity index (χ0v) is 24.4. The molecule has 38 heavy (non-hydrogen) atoms. The highest BCUT2D eigenvalue weighted by Crippen LogP contribution is 2.46. The van der Waals surface area contributed by atoms with Gasteiger partial charge in [-0.05, 0) is 36.8 Å². The first-order valence-electron chi connectivity index (χ1n) is 14.9. The molecule has 200 valence electrons. The highest BCUT2D eigenvalue weighted by atomic mass is 16.2. The Balaban J connectivity index is 1.82. The molecular formula is C32H44B2N2O2. The van der Waals surface area contributed by atoms with Crippen LogP contribution in [0.3, 0.4) is 0 Å². The molecule has 2 aromatic carbocycles. The summed E-state index contributed by atoms with van der Waals surface area (Å²) < 4.78 is 0. The maximum Gasteiger partial charge on any atom is 0.259 e. The number of amides is 2. The van der Waals surface area contributed by atoms with Crippen molar-refractivity contribution in [2.75, 3.05) is 22.9 Å². The first-order valence-corrected chi connectivity index (χ1v) is 14.9. The summed E-state index contributed by atoms with van der Waals surface area (Å²) in [6.07, 6.45) is 8.99. The molecule has 0 aliphatic carbocycles. The molecule has 2 unspecified atom stereocenters. The van der Waals surface area contributed by atoms with E-state index in [0.29, 0.717) is 36.1 Å². The van der Waals surface area contributed by atoms with Gasteiger partial charge >= 0.3 is 0 Å². The molecule has 2 amide bonds. The van der Waals surface area contributed by atoms with Gasteiger partial charge in [-0.1, -0.05) is 101 Å². The minimum atomic E-state index is -0.0174. The van der Waals surface area contributed by atoms with Gasteiger partial charge < -0.3 is 9.80 Å². The topological polar surface area (TPSA) is 40.6 Å². The molecule has 2 atom stereocenters. The van der Waals surface area contributed by atoms with Gasteiger partial charge in [-0.15, -0.1) is 0 Å². The Labute approximate surface area is 231 Å². The molecule has 0 radical (unpaired) electrons. The summed E-state index contributed by atoms with van der Waals surface area (Å²) in [6.45, 7) is 10.3. The lowest BCUT2D eigenvalue weighted by molar-refractivity contribution is -0.114. The highest BCUT2D eigenvalue weighted by Gasteiger charge is 2.42. The molecule has 2 aliphatic rings. The molecule has 0 saturated carbocycles. The first-order chi connectivity index (χ1) is 18.3. The third-order valence-electron chi connectivity index (χ3n) is 8.56. The number of benzene rings is 2. The molecule has 0 N–H and O–H groups in total. The van der Waals surface area contributed by atoms with Gasteiger partial charge in [-0.2, -0.15) is 0 Å². The molecule has 4 nitrogen and oxygen atoms in total. The van der Waals surface area contributed by atoms with Gasteiger partial charge in [0.25, 0.3) is 11.8 Å². The van der Waals surface area contributed by atoms with E-state index in [2.05, 4.69) is 79.8 Å². The number of anilines is 2. The van der Waals surface area contributed by atoms with Gasteiger partial charge in [0.1, 0.15) is 15.7 Å². The summed E-state index contributed by atoms with van der Waals surface area (Å²) in [5, 5.41) is 0. The van der Waals surface area contributed by atoms with E-state index in [9.17, 15) is 9.59 Å². The van der Waals surface area contributed by atoms with Gasteiger partial charge in [0.05, 0.1) is 22.5 Å². The van der Waals surface area contributed by atoms with Crippen molar-refractivity contribution >= 4 is 61.0 Å². The van der Waals surface area contributed by atoms with Crippen molar-refractivity contribution in [2.45, 2.75) is 79.1 Å². The third kappa shape index (κ3) is 5.51. The van der Waals surface area contributed by atoms with Crippen molar-refractivity contribution < 1.29 is 9.59 Å². The predicted octanol–water partition coefficient (Wildman–Crippen LogP) is 4.24. The van der Waals surface area contributed by atoms with Crippen LogP contribution in [-0.4, -0.2) is 40.6 Å². The van der Waals surface area contributed by atoms with E-state index in [-0.39, 0.29) is 11.8 Å². The van der Waals surface area contributed by atoms with E-state index in [1.807, 2.05) is 9.80 Å². The summed E-state index contributed by atoms with van der Waals surface area (Å²) in [6, 6.07) is 12.5. The third-order valence-corrected chi connectivity index (χ3v) is 8.56. The van der Waals surface area contributed by atoms with Crippen LogP contribution in [0.25, 0.3) is 11.1 Å². The maximum atomic E-state index is 14.2. The van der Waals surface area contributed by atoms with E-state index >= 15 is 0 Å². The summed E-state index contributed by atoms with van der Waals surface area (Å²) in [5.41, 5.74) is 7.12. The van der Waals surface area contributed by atoms with Crippen LogP contribution < -0.4 is 20.7 Å². The first kappa shape index (κ1) is 28.3. The number of carbonyl (C=O) groups is 2. The van der Waals surface area contributed by atoms with Gasteiger partial charge in [0, 0.05) is 24.2 Å². The molecule has 2 aromatic rings. The summed E-state index contributed by atoms with van der Waals surface area (Å²) in [7, 11) is 4.12. The van der Waals surface area contributed by atoms with Crippen LogP contribution in [0.4, 0.5) is 11.4 Å². The minimum Gasteiger partial charge on any atom is -0.307 e. The van der Waals surface area contributed by atoms with Crippen molar-refractivity contribution in [3.8, 4) is 0 Å². The number of nitrogens with zero attached hydrogens (tertiary/aromatic N) is 2. The van der Waals surface area contributed by atoms with Crippen molar-refractivity contribution in [3.05, 3.63) is 47.5 Å². The van der Waals surface area contributed by atoms with Crippen molar-refractivity contribution in [1.82, 2.24) is 0 Å². The number of rotatable bonds is 12. The fraction of sp³-hybridized carbons (Fsp3) is 0.500. The van der Waals surface area contributed by atoms with Crippen LogP contribution in [0.2, 0.25) is 0 Å². The normalized spacial score (nSPS) is 18.2. The smallest absolute Gasteiger partial charge is 0.259 e. The molecule has 6 heteroatoms. The number of hydrogen-bond acceptors (Lipinski definition) is 2.